The van der Waals surface area contributed by atoms with Crippen LogP contribution in [0.4, 0.5) is 0 Å². The van der Waals surface area contributed by atoms with E-state index in [9.17, 15) is 0 Å². The number of rotatable bonds is 4. The minimum absolute atomic E-state index is 0.0510. The average Bonchev–Trinajstić information content (AvgIpc) is 2.85. The highest BCUT2D eigenvalue weighted by Gasteiger charge is 2.14. The molecule has 0 saturated carbocycles. The van der Waals surface area contributed by atoms with E-state index in [2.05, 4.69) is 44.4 Å². The predicted octanol–water partition coefficient (Wildman–Crippen LogP) is 3.75. The molecule has 1 aromatic heterocycles. The highest BCUT2D eigenvalue weighted by Crippen LogP contribution is 2.29. The van der Waals surface area contributed by atoms with E-state index in [4.69, 9.17) is 10.5 Å². The summed E-state index contributed by atoms with van der Waals surface area (Å²) in [7, 11) is 0. The van der Waals surface area contributed by atoms with Gasteiger partial charge in [-0.25, -0.2) is 0 Å². The first-order valence-corrected chi connectivity index (χ1v) is 6.97. The van der Waals surface area contributed by atoms with Crippen LogP contribution in [0.1, 0.15) is 27.7 Å². The second-order valence-electron chi connectivity index (χ2n) is 4.56. The van der Waals surface area contributed by atoms with Gasteiger partial charge in [0, 0.05) is 11.4 Å². The van der Waals surface area contributed by atoms with Gasteiger partial charge in [0.15, 0.2) is 0 Å². The molecule has 96 valence electrons. The monoisotopic (exact) mass is 261 g/mol. The lowest BCUT2D eigenvalue weighted by molar-refractivity contribution is 0.216. The Morgan fingerprint density at radius 1 is 1.28 bits per heavy atom. The van der Waals surface area contributed by atoms with Crippen LogP contribution in [0.2, 0.25) is 0 Å². The SMILES string of the molecule is Cc1cc(C)c(C)c(OC(CN)c2cccs2)c1. The lowest BCUT2D eigenvalue weighted by Gasteiger charge is -2.19. The molecule has 2 rings (SSSR count). The molecule has 1 heterocycles. The standard InChI is InChI=1S/C15H19NOS/c1-10-7-11(2)12(3)13(8-10)17-14(9-16)15-5-4-6-18-15/h4-8,14H,9,16H2,1-3H3. The summed E-state index contributed by atoms with van der Waals surface area (Å²) in [5, 5.41) is 2.05. The number of hydrogen-bond acceptors (Lipinski definition) is 3. The maximum Gasteiger partial charge on any atom is 0.145 e. The fraction of sp³-hybridized carbons (Fsp3) is 0.333. The van der Waals surface area contributed by atoms with Crippen LogP contribution in [0.3, 0.4) is 0 Å². The van der Waals surface area contributed by atoms with Crippen molar-refractivity contribution in [3.8, 4) is 5.75 Å². The highest BCUT2D eigenvalue weighted by atomic mass is 32.1. The molecule has 0 aliphatic rings. The number of thiophene rings is 1. The van der Waals surface area contributed by atoms with Gasteiger partial charge in [0.2, 0.25) is 0 Å². The third kappa shape index (κ3) is 2.74. The Kier molecular flexibility index (Phi) is 4.04. The van der Waals surface area contributed by atoms with Crippen molar-refractivity contribution in [2.75, 3.05) is 6.54 Å². The Morgan fingerprint density at radius 3 is 2.67 bits per heavy atom. The molecule has 0 amide bonds. The topological polar surface area (TPSA) is 35.2 Å². The van der Waals surface area contributed by atoms with E-state index < -0.39 is 0 Å². The van der Waals surface area contributed by atoms with Crippen LogP contribution in [0.25, 0.3) is 0 Å². The van der Waals surface area contributed by atoms with Crippen molar-refractivity contribution in [2.24, 2.45) is 5.73 Å². The molecule has 0 radical (unpaired) electrons. The second kappa shape index (κ2) is 5.55. The van der Waals surface area contributed by atoms with E-state index in [1.54, 1.807) is 11.3 Å². The van der Waals surface area contributed by atoms with E-state index in [1.807, 2.05) is 6.07 Å². The Balaban J connectivity index is 2.28. The molecular formula is C15H19NOS. The van der Waals surface area contributed by atoms with Crippen LogP contribution >= 0.6 is 11.3 Å². The van der Waals surface area contributed by atoms with Gasteiger partial charge >= 0.3 is 0 Å². The second-order valence-corrected chi connectivity index (χ2v) is 5.54. The fourth-order valence-corrected chi connectivity index (χ4v) is 2.74. The third-order valence-corrected chi connectivity index (χ3v) is 4.07. The van der Waals surface area contributed by atoms with Crippen LogP contribution in [0, 0.1) is 20.8 Å². The maximum atomic E-state index is 6.09. The van der Waals surface area contributed by atoms with Crippen LogP contribution in [0.5, 0.6) is 5.75 Å². The van der Waals surface area contributed by atoms with E-state index in [0.29, 0.717) is 6.54 Å². The van der Waals surface area contributed by atoms with Crippen molar-refractivity contribution in [3.63, 3.8) is 0 Å². The molecule has 0 aliphatic carbocycles. The zero-order chi connectivity index (χ0) is 13.1. The quantitative estimate of drug-likeness (QED) is 0.909. The summed E-state index contributed by atoms with van der Waals surface area (Å²) in [6.07, 6.45) is -0.0510. The molecule has 0 saturated heterocycles. The van der Waals surface area contributed by atoms with Gasteiger partial charge in [-0.1, -0.05) is 12.1 Å². The summed E-state index contributed by atoms with van der Waals surface area (Å²) in [5.74, 6) is 0.941. The normalized spacial score (nSPS) is 12.4. The fourth-order valence-electron chi connectivity index (χ4n) is 1.97. The van der Waals surface area contributed by atoms with Crippen LogP contribution in [0.15, 0.2) is 29.6 Å². The van der Waals surface area contributed by atoms with E-state index >= 15 is 0 Å². The number of benzene rings is 1. The van der Waals surface area contributed by atoms with Gasteiger partial charge in [-0.15, -0.1) is 11.3 Å². The van der Waals surface area contributed by atoms with Crippen molar-refractivity contribution < 1.29 is 4.74 Å². The molecule has 0 bridgehead atoms. The molecule has 1 aromatic carbocycles. The van der Waals surface area contributed by atoms with Crippen molar-refractivity contribution in [3.05, 3.63) is 51.2 Å². The Labute approximate surface area is 112 Å². The highest BCUT2D eigenvalue weighted by molar-refractivity contribution is 7.10. The van der Waals surface area contributed by atoms with Crippen molar-refractivity contribution >= 4 is 11.3 Å². The first kappa shape index (κ1) is 13.1. The van der Waals surface area contributed by atoms with Crippen LogP contribution in [-0.2, 0) is 0 Å². The molecule has 2 nitrogen and oxygen atoms in total. The molecule has 2 N–H and O–H groups in total. The molecule has 18 heavy (non-hydrogen) atoms. The van der Waals surface area contributed by atoms with Crippen LogP contribution in [-0.4, -0.2) is 6.54 Å². The maximum absolute atomic E-state index is 6.09. The number of ether oxygens (including phenoxy) is 1. The lowest BCUT2D eigenvalue weighted by atomic mass is 10.1. The smallest absolute Gasteiger partial charge is 0.145 e. The van der Waals surface area contributed by atoms with E-state index in [0.717, 1.165) is 5.75 Å². The number of aryl methyl sites for hydroxylation is 2. The molecule has 0 spiro atoms. The number of nitrogens with two attached hydrogens (primary N) is 1. The zero-order valence-electron chi connectivity index (χ0n) is 11.1. The number of hydrogen-bond donors (Lipinski definition) is 1. The Morgan fingerprint density at radius 2 is 2.06 bits per heavy atom. The molecule has 1 unspecified atom stereocenters. The molecule has 0 fully saturated rings. The minimum atomic E-state index is -0.0510. The van der Waals surface area contributed by atoms with Gasteiger partial charge in [-0.2, -0.15) is 0 Å². The summed E-state index contributed by atoms with van der Waals surface area (Å²) in [5.41, 5.74) is 9.48. The summed E-state index contributed by atoms with van der Waals surface area (Å²) in [6.45, 7) is 6.78. The first-order chi connectivity index (χ1) is 8.61. The van der Waals surface area contributed by atoms with Crippen molar-refractivity contribution in [1.82, 2.24) is 0 Å². The average molecular weight is 261 g/mol. The van der Waals surface area contributed by atoms with E-state index in [1.165, 1.54) is 21.6 Å². The summed E-state index contributed by atoms with van der Waals surface area (Å²) < 4.78 is 6.09. The van der Waals surface area contributed by atoms with Gasteiger partial charge in [0.05, 0.1) is 0 Å². The lowest BCUT2D eigenvalue weighted by Crippen LogP contribution is -2.18. The molecule has 1 atom stereocenters. The van der Waals surface area contributed by atoms with E-state index in [-0.39, 0.29) is 6.10 Å². The first-order valence-electron chi connectivity index (χ1n) is 6.09. The van der Waals surface area contributed by atoms with Gasteiger partial charge < -0.3 is 10.5 Å². The summed E-state index contributed by atoms with van der Waals surface area (Å²) in [4.78, 5) is 1.18. The molecular weight excluding hydrogens is 242 g/mol. The molecule has 3 heteroatoms. The van der Waals surface area contributed by atoms with Gasteiger partial charge in [-0.05, 0) is 55.0 Å². The van der Waals surface area contributed by atoms with Gasteiger partial charge in [0.25, 0.3) is 0 Å². The minimum Gasteiger partial charge on any atom is -0.483 e. The van der Waals surface area contributed by atoms with Crippen molar-refractivity contribution in [2.45, 2.75) is 26.9 Å². The van der Waals surface area contributed by atoms with Crippen molar-refractivity contribution in [1.29, 1.82) is 0 Å². The summed E-state index contributed by atoms with van der Waals surface area (Å²) in [6, 6.07) is 8.35. The zero-order valence-corrected chi connectivity index (χ0v) is 11.9. The predicted molar refractivity (Wildman–Crippen MR) is 77.4 cm³/mol. The Hall–Kier alpha value is -1.32. The molecule has 2 aromatic rings. The summed E-state index contributed by atoms with van der Waals surface area (Å²) >= 11 is 1.68. The third-order valence-electron chi connectivity index (χ3n) is 3.11. The Bertz CT molecular complexity index is 520. The largest absolute Gasteiger partial charge is 0.483 e. The van der Waals surface area contributed by atoms with Crippen LogP contribution < -0.4 is 10.5 Å². The van der Waals surface area contributed by atoms with Gasteiger partial charge in [-0.3, -0.25) is 0 Å². The molecule has 0 aliphatic heterocycles. The van der Waals surface area contributed by atoms with Gasteiger partial charge in [0.1, 0.15) is 11.9 Å².